The molecule has 0 N–H and O–H groups in total. The molecule has 0 aliphatic heterocycles. The van der Waals surface area contributed by atoms with Gasteiger partial charge in [0.2, 0.25) is 0 Å². The van der Waals surface area contributed by atoms with E-state index in [-0.39, 0.29) is 0 Å². The zero-order valence-electron chi connectivity index (χ0n) is 39.1. The molecule has 0 bridgehead atoms. The topological polar surface area (TPSA) is 73.8 Å². The first-order valence-corrected chi connectivity index (χ1v) is 23.1. The van der Waals surface area contributed by atoms with Crippen LogP contribution in [-0.2, 0) is 0 Å². The fourth-order valence-electron chi connectivity index (χ4n) is 8.93. The van der Waals surface area contributed by atoms with Crippen molar-refractivity contribution in [3.05, 3.63) is 117 Å². The molecule has 0 saturated heterocycles. The van der Waals surface area contributed by atoms with Crippen molar-refractivity contribution in [3.63, 3.8) is 0 Å². The number of benzene rings is 6. The first-order valence-electron chi connectivity index (χ1n) is 20.4. The summed E-state index contributed by atoms with van der Waals surface area (Å²) in [6.45, 7) is 16.9. The molecule has 10 heteroatoms. The molecule has 62 heavy (non-hydrogen) atoms. The SMILES string of the molecule is COc1cc(OC)c(-c2c(OC)cc(OC)cc2P(c2cc(C)c(OC)c(C)c2)c2cc(C)c(OC)c(C)c2)c(P(c2cc(C)c(OC)c(C)c2)c2cc(C)c(OC)c(C)c2)c1. The molecule has 0 radical (unpaired) electrons. The van der Waals surface area contributed by atoms with Gasteiger partial charge in [0.1, 0.15) is 46.0 Å². The summed E-state index contributed by atoms with van der Waals surface area (Å²) in [6, 6.07) is 26.3. The summed E-state index contributed by atoms with van der Waals surface area (Å²) in [6.07, 6.45) is 0. The summed E-state index contributed by atoms with van der Waals surface area (Å²) >= 11 is 0. The van der Waals surface area contributed by atoms with Gasteiger partial charge in [-0.05, 0) is 198 Å². The molecule has 8 nitrogen and oxygen atoms in total. The summed E-state index contributed by atoms with van der Waals surface area (Å²) in [5.41, 5.74) is 10.2. The standard InChI is InChI=1S/C52H60O8P2/c1-29-17-39(18-30(2)49(29)57-13)61(40-19-31(3)50(58-14)32(4)20-40)45-27-37(53-9)25-43(55-11)47(45)48-44(56-12)26-38(54-10)28-46(48)62(41-21-33(5)51(59-15)34(6)22-41)42-23-35(7)52(60-16)36(8)24-42/h17-28H,1-16H3. The predicted octanol–water partition coefficient (Wildman–Crippen LogP) is 9.41. The Morgan fingerprint density at radius 2 is 0.500 bits per heavy atom. The highest BCUT2D eigenvalue weighted by atomic mass is 31.1. The Morgan fingerprint density at radius 1 is 0.274 bits per heavy atom. The maximum Gasteiger partial charge on any atom is 0.131 e. The van der Waals surface area contributed by atoms with E-state index in [1.807, 2.05) is 12.1 Å². The largest absolute Gasteiger partial charge is 0.497 e. The molecule has 0 amide bonds. The number of hydrogen-bond acceptors (Lipinski definition) is 8. The van der Waals surface area contributed by atoms with Crippen LogP contribution in [0, 0.1) is 55.4 Å². The number of hydrogen-bond donors (Lipinski definition) is 0. The minimum Gasteiger partial charge on any atom is -0.497 e. The summed E-state index contributed by atoms with van der Waals surface area (Å²) in [5.74, 6) is 6.14. The fourth-order valence-corrected chi connectivity index (χ4v) is 14.6. The van der Waals surface area contributed by atoms with Gasteiger partial charge in [-0.3, -0.25) is 0 Å². The van der Waals surface area contributed by atoms with Gasteiger partial charge in [0.15, 0.2) is 0 Å². The van der Waals surface area contributed by atoms with Gasteiger partial charge >= 0.3 is 0 Å². The fraction of sp³-hybridized carbons (Fsp3) is 0.308. The lowest BCUT2D eigenvalue weighted by atomic mass is 10.0. The molecular weight excluding hydrogens is 815 g/mol. The first-order chi connectivity index (χ1) is 29.7. The van der Waals surface area contributed by atoms with E-state index in [0.717, 1.165) is 110 Å². The second-order valence-corrected chi connectivity index (χ2v) is 19.9. The van der Waals surface area contributed by atoms with Crippen molar-refractivity contribution in [1.29, 1.82) is 0 Å². The van der Waals surface area contributed by atoms with Crippen LogP contribution in [0.5, 0.6) is 46.0 Å². The molecule has 0 aliphatic rings. The average Bonchev–Trinajstić information content (AvgIpc) is 3.23. The maximum atomic E-state index is 6.49. The molecule has 0 saturated carbocycles. The Bertz CT molecular complexity index is 2240. The monoisotopic (exact) mass is 874 g/mol. The van der Waals surface area contributed by atoms with Crippen LogP contribution in [0.15, 0.2) is 72.8 Å². The van der Waals surface area contributed by atoms with Crippen LogP contribution >= 0.6 is 15.8 Å². The van der Waals surface area contributed by atoms with Crippen LogP contribution in [0.25, 0.3) is 11.1 Å². The Kier molecular flexibility index (Phi) is 14.4. The van der Waals surface area contributed by atoms with E-state index in [9.17, 15) is 0 Å². The Morgan fingerprint density at radius 3 is 0.677 bits per heavy atom. The van der Waals surface area contributed by atoms with Crippen LogP contribution in [0.3, 0.4) is 0 Å². The summed E-state index contributed by atoms with van der Waals surface area (Å²) in [4.78, 5) is 0. The van der Waals surface area contributed by atoms with Crippen molar-refractivity contribution in [3.8, 4) is 57.1 Å². The Labute approximate surface area is 370 Å². The minimum atomic E-state index is -1.32. The quantitative estimate of drug-likeness (QED) is 0.0947. The van der Waals surface area contributed by atoms with E-state index < -0.39 is 15.8 Å². The Balaban J connectivity index is 1.85. The van der Waals surface area contributed by atoms with E-state index in [4.69, 9.17) is 37.9 Å². The van der Waals surface area contributed by atoms with Crippen LogP contribution < -0.4 is 69.7 Å². The maximum absolute atomic E-state index is 6.49. The molecule has 0 atom stereocenters. The van der Waals surface area contributed by atoms with Crippen molar-refractivity contribution in [1.82, 2.24) is 0 Å². The van der Waals surface area contributed by atoms with E-state index in [0.29, 0.717) is 23.0 Å². The lowest BCUT2D eigenvalue weighted by Crippen LogP contribution is -2.28. The van der Waals surface area contributed by atoms with Crippen molar-refractivity contribution < 1.29 is 37.9 Å². The third kappa shape index (κ3) is 8.65. The lowest BCUT2D eigenvalue weighted by molar-refractivity contribution is 0.392. The van der Waals surface area contributed by atoms with Crippen molar-refractivity contribution in [2.24, 2.45) is 0 Å². The first kappa shape index (κ1) is 46.1. The molecule has 0 heterocycles. The molecule has 0 unspecified atom stereocenters. The van der Waals surface area contributed by atoms with Crippen molar-refractivity contribution in [2.75, 3.05) is 56.9 Å². The summed E-state index contributed by atoms with van der Waals surface area (Å²) in [5, 5.41) is 6.66. The third-order valence-corrected chi connectivity index (χ3v) is 16.1. The molecule has 6 aromatic rings. The van der Waals surface area contributed by atoms with Crippen LogP contribution in [-0.4, -0.2) is 56.9 Å². The van der Waals surface area contributed by atoms with Gasteiger partial charge in [0.05, 0.1) is 56.9 Å². The third-order valence-electron chi connectivity index (χ3n) is 11.4. The molecule has 326 valence electrons. The molecular formula is C52H60O8P2. The highest BCUT2D eigenvalue weighted by Crippen LogP contribution is 2.50. The second kappa shape index (κ2) is 19.3. The summed E-state index contributed by atoms with van der Waals surface area (Å²) in [7, 11) is 11.1. The highest BCUT2D eigenvalue weighted by molar-refractivity contribution is 7.80. The number of rotatable bonds is 15. The second-order valence-electron chi connectivity index (χ2n) is 15.6. The average molecular weight is 875 g/mol. The van der Waals surface area contributed by atoms with E-state index in [1.165, 1.54) is 0 Å². The summed E-state index contributed by atoms with van der Waals surface area (Å²) < 4.78 is 48.8. The number of aryl methyl sites for hydroxylation is 8. The van der Waals surface area contributed by atoms with Gasteiger partial charge in [-0.2, -0.15) is 0 Å². The van der Waals surface area contributed by atoms with Gasteiger partial charge in [-0.1, -0.05) is 0 Å². The van der Waals surface area contributed by atoms with Crippen molar-refractivity contribution in [2.45, 2.75) is 55.4 Å². The van der Waals surface area contributed by atoms with E-state index in [2.05, 4.69) is 116 Å². The van der Waals surface area contributed by atoms with Gasteiger partial charge < -0.3 is 37.9 Å². The highest BCUT2D eigenvalue weighted by Gasteiger charge is 2.33. The number of methoxy groups -OCH3 is 8. The van der Waals surface area contributed by atoms with Crippen molar-refractivity contribution >= 4 is 47.7 Å². The molecule has 0 aromatic heterocycles. The van der Waals surface area contributed by atoms with E-state index >= 15 is 0 Å². The smallest absolute Gasteiger partial charge is 0.131 e. The Hall–Kier alpha value is -5.42. The van der Waals surface area contributed by atoms with Crippen LogP contribution in [0.4, 0.5) is 0 Å². The van der Waals surface area contributed by atoms with Crippen LogP contribution in [0.2, 0.25) is 0 Å². The van der Waals surface area contributed by atoms with Gasteiger partial charge in [-0.15, -0.1) is 0 Å². The molecule has 6 rings (SSSR count). The zero-order chi connectivity index (χ0) is 45.2. The van der Waals surface area contributed by atoms with Crippen LogP contribution in [0.1, 0.15) is 44.5 Å². The molecule has 0 spiro atoms. The van der Waals surface area contributed by atoms with Gasteiger partial charge in [-0.25, -0.2) is 0 Å². The van der Waals surface area contributed by atoms with E-state index in [1.54, 1.807) is 56.9 Å². The van der Waals surface area contributed by atoms with Gasteiger partial charge in [0, 0.05) is 33.9 Å². The van der Waals surface area contributed by atoms with Gasteiger partial charge in [0.25, 0.3) is 0 Å². The zero-order valence-corrected chi connectivity index (χ0v) is 40.9. The number of ether oxygens (including phenoxy) is 8. The molecule has 0 fully saturated rings. The lowest BCUT2D eigenvalue weighted by Gasteiger charge is -2.30. The normalized spacial score (nSPS) is 11.2. The molecule has 0 aliphatic carbocycles. The molecule has 6 aromatic carbocycles. The minimum absolute atomic E-state index is 0.652. The predicted molar refractivity (Wildman–Crippen MR) is 260 cm³/mol.